The van der Waals surface area contributed by atoms with Crippen LogP contribution in [0.3, 0.4) is 0 Å². The summed E-state index contributed by atoms with van der Waals surface area (Å²) in [5.41, 5.74) is 1.33. The van der Waals surface area contributed by atoms with E-state index in [0.717, 1.165) is 31.6 Å². The van der Waals surface area contributed by atoms with Gasteiger partial charge in [0.15, 0.2) is 0 Å². The summed E-state index contributed by atoms with van der Waals surface area (Å²) < 4.78 is 5.46. The molecule has 0 amide bonds. The second-order valence-electron chi connectivity index (χ2n) is 3.22. The standard InChI is InChI=1S/C10H11NO/c11-7-8-3-4-10-9(6-8)2-1-5-12-10/h3-4,8H,1-2,5-6H2. The zero-order chi connectivity index (χ0) is 8.39. The fourth-order valence-electron chi connectivity index (χ4n) is 1.69. The maximum absolute atomic E-state index is 8.72. The quantitative estimate of drug-likeness (QED) is 0.545. The van der Waals surface area contributed by atoms with Crippen LogP contribution in [0.15, 0.2) is 23.5 Å². The highest BCUT2D eigenvalue weighted by atomic mass is 16.5. The molecule has 0 aromatic carbocycles. The lowest BCUT2D eigenvalue weighted by molar-refractivity contribution is 0.195. The first kappa shape index (κ1) is 7.42. The van der Waals surface area contributed by atoms with Crippen LogP contribution in [0.5, 0.6) is 0 Å². The van der Waals surface area contributed by atoms with Gasteiger partial charge in [-0.1, -0.05) is 6.08 Å². The van der Waals surface area contributed by atoms with Crippen LogP contribution < -0.4 is 0 Å². The van der Waals surface area contributed by atoms with Gasteiger partial charge in [0, 0.05) is 0 Å². The smallest absolute Gasteiger partial charge is 0.118 e. The molecule has 12 heavy (non-hydrogen) atoms. The fourth-order valence-corrected chi connectivity index (χ4v) is 1.69. The first-order valence-corrected chi connectivity index (χ1v) is 4.33. The molecule has 0 fully saturated rings. The lowest BCUT2D eigenvalue weighted by atomic mass is 9.90. The van der Waals surface area contributed by atoms with Crippen molar-refractivity contribution < 1.29 is 4.74 Å². The maximum atomic E-state index is 8.72. The zero-order valence-corrected chi connectivity index (χ0v) is 6.92. The minimum absolute atomic E-state index is 0.0745. The van der Waals surface area contributed by atoms with Gasteiger partial charge < -0.3 is 4.74 Å². The van der Waals surface area contributed by atoms with Crippen molar-refractivity contribution in [3.8, 4) is 6.07 Å². The first-order chi connectivity index (χ1) is 5.90. The third-order valence-corrected chi connectivity index (χ3v) is 2.34. The largest absolute Gasteiger partial charge is 0.494 e. The molecule has 1 atom stereocenters. The van der Waals surface area contributed by atoms with Crippen molar-refractivity contribution >= 4 is 0 Å². The molecular formula is C10H11NO. The van der Waals surface area contributed by atoms with Gasteiger partial charge in [-0.05, 0) is 30.9 Å². The Hall–Kier alpha value is -1.23. The number of nitrogens with zero attached hydrogens (tertiary/aromatic N) is 1. The van der Waals surface area contributed by atoms with Gasteiger partial charge in [-0.25, -0.2) is 0 Å². The molecule has 1 heterocycles. The molecule has 0 saturated carbocycles. The third-order valence-electron chi connectivity index (χ3n) is 2.34. The van der Waals surface area contributed by atoms with E-state index in [1.165, 1.54) is 5.57 Å². The van der Waals surface area contributed by atoms with E-state index in [4.69, 9.17) is 10.00 Å². The SMILES string of the molecule is N#CC1C=CC2=C(CCCO2)C1. The zero-order valence-electron chi connectivity index (χ0n) is 6.92. The molecule has 0 aromatic heterocycles. The normalized spacial score (nSPS) is 27.4. The Morgan fingerprint density at radius 2 is 2.50 bits per heavy atom. The number of nitriles is 1. The molecule has 2 heteroatoms. The van der Waals surface area contributed by atoms with E-state index >= 15 is 0 Å². The van der Waals surface area contributed by atoms with Crippen LogP contribution in [0.4, 0.5) is 0 Å². The van der Waals surface area contributed by atoms with Gasteiger partial charge in [-0.15, -0.1) is 0 Å². The Balaban J connectivity index is 2.19. The van der Waals surface area contributed by atoms with Gasteiger partial charge in [0.25, 0.3) is 0 Å². The average molecular weight is 161 g/mol. The van der Waals surface area contributed by atoms with E-state index in [9.17, 15) is 0 Å². The minimum atomic E-state index is 0.0745. The highest BCUT2D eigenvalue weighted by Gasteiger charge is 2.19. The number of ether oxygens (including phenoxy) is 1. The number of allylic oxidation sites excluding steroid dienone is 3. The highest BCUT2D eigenvalue weighted by Crippen LogP contribution is 2.30. The van der Waals surface area contributed by atoms with Crippen LogP contribution >= 0.6 is 0 Å². The number of hydrogen-bond acceptors (Lipinski definition) is 2. The molecule has 1 unspecified atom stereocenters. The van der Waals surface area contributed by atoms with Crippen LogP contribution in [0.25, 0.3) is 0 Å². The summed E-state index contributed by atoms with van der Waals surface area (Å²) >= 11 is 0. The Morgan fingerprint density at radius 3 is 3.33 bits per heavy atom. The van der Waals surface area contributed by atoms with Crippen molar-refractivity contribution in [3.63, 3.8) is 0 Å². The first-order valence-electron chi connectivity index (χ1n) is 4.33. The second kappa shape index (κ2) is 3.02. The van der Waals surface area contributed by atoms with E-state index in [0.29, 0.717) is 0 Å². The summed E-state index contributed by atoms with van der Waals surface area (Å²) in [5.74, 6) is 1.10. The van der Waals surface area contributed by atoms with Gasteiger partial charge in [0.2, 0.25) is 0 Å². The summed E-state index contributed by atoms with van der Waals surface area (Å²) in [5, 5.41) is 8.72. The van der Waals surface area contributed by atoms with Crippen molar-refractivity contribution in [2.24, 2.45) is 5.92 Å². The van der Waals surface area contributed by atoms with Crippen molar-refractivity contribution in [2.45, 2.75) is 19.3 Å². The van der Waals surface area contributed by atoms with E-state index < -0.39 is 0 Å². The van der Waals surface area contributed by atoms with Gasteiger partial charge in [0.05, 0.1) is 18.6 Å². The molecule has 0 saturated heterocycles. The van der Waals surface area contributed by atoms with Crippen LogP contribution in [0.2, 0.25) is 0 Å². The lowest BCUT2D eigenvalue weighted by Crippen LogP contribution is -2.11. The molecular weight excluding hydrogens is 150 g/mol. The molecule has 62 valence electrons. The predicted molar refractivity (Wildman–Crippen MR) is 45.1 cm³/mol. The molecule has 0 bridgehead atoms. The maximum Gasteiger partial charge on any atom is 0.118 e. The molecule has 2 aliphatic rings. The predicted octanol–water partition coefficient (Wildman–Crippen LogP) is 2.15. The molecule has 0 aromatic rings. The van der Waals surface area contributed by atoms with Crippen molar-refractivity contribution in [1.29, 1.82) is 5.26 Å². The van der Waals surface area contributed by atoms with E-state index in [2.05, 4.69) is 6.07 Å². The molecule has 0 spiro atoms. The molecule has 2 nitrogen and oxygen atoms in total. The minimum Gasteiger partial charge on any atom is -0.494 e. The topological polar surface area (TPSA) is 33.0 Å². The van der Waals surface area contributed by atoms with E-state index in [1.54, 1.807) is 0 Å². The van der Waals surface area contributed by atoms with E-state index in [-0.39, 0.29) is 5.92 Å². The van der Waals surface area contributed by atoms with E-state index in [1.807, 2.05) is 12.2 Å². The Kier molecular flexibility index (Phi) is 1.87. The van der Waals surface area contributed by atoms with Crippen molar-refractivity contribution in [2.75, 3.05) is 6.61 Å². The molecule has 1 aliphatic heterocycles. The van der Waals surface area contributed by atoms with Crippen LogP contribution in [-0.2, 0) is 4.74 Å². The van der Waals surface area contributed by atoms with Crippen molar-refractivity contribution in [3.05, 3.63) is 23.5 Å². The highest BCUT2D eigenvalue weighted by molar-refractivity contribution is 5.29. The van der Waals surface area contributed by atoms with Gasteiger partial charge in [0.1, 0.15) is 5.76 Å². The lowest BCUT2D eigenvalue weighted by Gasteiger charge is -2.23. The molecule has 0 radical (unpaired) electrons. The van der Waals surface area contributed by atoms with Gasteiger partial charge in [-0.2, -0.15) is 5.26 Å². The molecule has 2 rings (SSSR count). The Bertz CT molecular complexity index is 283. The molecule has 1 aliphatic carbocycles. The number of hydrogen-bond donors (Lipinski definition) is 0. The summed E-state index contributed by atoms with van der Waals surface area (Å²) in [6, 6.07) is 2.26. The Morgan fingerprint density at radius 1 is 1.58 bits per heavy atom. The summed E-state index contributed by atoms with van der Waals surface area (Å²) in [6.07, 6.45) is 6.97. The van der Waals surface area contributed by atoms with Crippen LogP contribution in [0.1, 0.15) is 19.3 Å². The third kappa shape index (κ3) is 1.23. The number of rotatable bonds is 0. The monoisotopic (exact) mass is 161 g/mol. The summed E-state index contributed by atoms with van der Waals surface area (Å²) in [4.78, 5) is 0. The van der Waals surface area contributed by atoms with Gasteiger partial charge >= 0.3 is 0 Å². The van der Waals surface area contributed by atoms with Crippen molar-refractivity contribution in [1.82, 2.24) is 0 Å². The second-order valence-corrected chi connectivity index (χ2v) is 3.22. The molecule has 0 N–H and O–H groups in total. The average Bonchev–Trinajstić information content (AvgIpc) is 2.17. The summed E-state index contributed by atoms with van der Waals surface area (Å²) in [7, 11) is 0. The summed E-state index contributed by atoms with van der Waals surface area (Å²) in [6.45, 7) is 0.834. The Labute approximate surface area is 72.1 Å². The fraction of sp³-hybridized carbons (Fsp3) is 0.500. The van der Waals surface area contributed by atoms with Gasteiger partial charge in [-0.3, -0.25) is 0 Å². The van der Waals surface area contributed by atoms with Crippen LogP contribution in [0, 0.1) is 17.2 Å². The van der Waals surface area contributed by atoms with Crippen LogP contribution in [-0.4, -0.2) is 6.61 Å².